The first-order chi connectivity index (χ1) is 17.7. The van der Waals surface area contributed by atoms with Gasteiger partial charge >= 0.3 is 0 Å². The Labute approximate surface area is 214 Å². The number of rotatable bonds is 5. The third-order valence-electron chi connectivity index (χ3n) is 6.20. The van der Waals surface area contributed by atoms with Crippen LogP contribution in [0.15, 0.2) is 41.2 Å². The molecular weight excluding hydrogens is 509 g/mol. The Bertz CT molecular complexity index is 1570. The molecule has 0 unspecified atom stereocenters. The molecule has 0 atom stereocenters. The second-order valence-corrected chi connectivity index (χ2v) is 9.35. The second-order valence-electron chi connectivity index (χ2n) is 8.99. The van der Waals surface area contributed by atoms with Gasteiger partial charge in [-0.2, -0.15) is 14.9 Å². The monoisotopic (exact) mass is 530 g/mol. The van der Waals surface area contributed by atoms with Crippen LogP contribution in [0, 0.1) is 17.5 Å². The fourth-order valence-electron chi connectivity index (χ4n) is 4.55. The van der Waals surface area contributed by atoms with Gasteiger partial charge in [0.15, 0.2) is 22.6 Å². The van der Waals surface area contributed by atoms with E-state index in [9.17, 15) is 18.4 Å². The molecule has 192 valence electrons. The Balaban J connectivity index is 1.61. The van der Waals surface area contributed by atoms with Gasteiger partial charge in [-0.15, -0.1) is 0 Å². The maximum atomic E-state index is 15.4. The Morgan fingerprint density at radius 1 is 1.00 bits per heavy atom. The van der Waals surface area contributed by atoms with Gasteiger partial charge in [0.25, 0.3) is 11.5 Å². The van der Waals surface area contributed by atoms with Crippen molar-refractivity contribution in [1.29, 1.82) is 0 Å². The summed E-state index contributed by atoms with van der Waals surface area (Å²) in [5.74, 6) is -3.48. The summed E-state index contributed by atoms with van der Waals surface area (Å²) >= 11 is 6.48. The van der Waals surface area contributed by atoms with Crippen molar-refractivity contribution in [2.75, 3.05) is 23.3 Å². The summed E-state index contributed by atoms with van der Waals surface area (Å²) in [6.45, 7) is 5.05. The van der Waals surface area contributed by atoms with Gasteiger partial charge in [-0.05, 0) is 44.9 Å². The number of para-hydroxylation sites is 1. The maximum absolute atomic E-state index is 15.4. The van der Waals surface area contributed by atoms with Gasteiger partial charge < -0.3 is 10.2 Å². The number of nitrogens with zero attached hydrogens (tertiary/aromatic N) is 5. The van der Waals surface area contributed by atoms with E-state index >= 15 is 4.39 Å². The molecule has 3 heterocycles. The average Bonchev–Trinajstić information content (AvgIpc) is 3.49. The molecule has 4 aromatic rings. The number of halogens is 4. The zero-order valence-corrected chi connectivity index (χ0v) is 20.7. The molecule has 0 radical (unpaired) electrons. The minimum Gasteiger partial charge on any atom is -0.369 e. The second kappa shape index (κ2) is 9.55. The predicted molar refractivity (Wildman–Crippen MR) is 134 cm³/mol. The zero-order valence-electron chi connectivity index (χ0n) is 19.9. The molecule has 0 saturated carbocycles. The lowest BCUT2D eigenvalue weighted by molar-refractivity contribution is 0.102. The van der Waals surface area contributed by atoms with Gasteiger partial charge in [0.05, 0.1) is 16.8 Å². The molecule has 8 nitrogen and oxygen atoms in total. The number of aromatic nitrogens is 4. The molecule has 5 rings (SSSR count). The highest BCUT2D eigenvalue weighted by Crippen LogP contribution is 2.42. The highest BCUT2D eigenvalue weighted by atomic mass is 35.5. The molecule has 0 bridgehead atoms. The van der Waals surface area contributed by atoms with Gasteiger partial charge in [0.1, 0.15) is 16.9 Å². The molecular formula is C25H22ClF3N6O2. The van der Waals surface area contributed by atoms with Crippen molar-refractivity contribution in [2.45, 2.75) is 32.7 Å². The lowest BCUT2D eigenvalue weighted by atomic mass is 10.1. The Morgan fingerprint density at radius 2 is 1.68 bits per heavy atom. The molecule has 1 amide bonds. The molecule has 37 heavy (non-hydrogen) atoms. The number of carbonyl (C=O) groups is 1. The normalized spacial score (nSPS) is 13.6. The third kappa shape index (κ3) is 4.33. The maximum Gasteiger partial charge on any atom is 0.276 e. The van der Waals surface area contributed by atoms with Crippen molar-refractivity contribution in [3.05, 3.63) is 75.1 Å². The molecule has 1 fully saturated rings. The van der Waals surface area contributed by atoms with Crippen molar-refractivity contribution in [3.63, 3.8) is 0 Å². The lowest BCUT2D eigenvalue weighted by Crippen LogP contribution is -2.27. The summed E-state index contributed by atoms with van der Waals surface area (Å²) in [7, 11) is 0. The molecule has 1 N–H and O–H groups in total. The van der Waals surface area contributed by atoms with Crippen LogP contribution in [0.25, 0.3) is 16.6 Å². The first kappa shape index (κ1) is 24.8. The number of hydrogen-bond acceptors (Lipinski definition) is 5. The summed E-state index contributed by atoms with van der Waals surface area (Å²) < 4.78 is 46.0. The molecule has 1 aliphatic rings. The van der Waals surface area contributed by atoms with E-state index in [-0.39, 0.29) is 28.1 Å². The Kier molecular flexibility index (Phi) is 6.40. The highest BCUT2D eigenvalue weighted by Gasteiger charge is 2.28. The van der Waals surface area contributed by atoms with Crippen molar-refractivity contribution >= 4 is 39.8 Å². The fraction of sp³-hybridized carbons (Fsp3) is 0.280. The lowest BCUT2D eigenvalue weighted by Gasteiger charge is -2.23. The zero-order chi connectivity index (χ0) is 26.4. The van der Waals surface area contributed by atoms with E-state index in [0.29, 0.717) is 28.8 Å². The minimum absolute atomic E-state index is 0.0994. The van der Waals surface area contributed by atoms with E-state index in [1.54, 1.807) is 0 Å². The first-order valence-electron chi connectivity index (χ1n) is 11.7. The Hall–Kier alpha value is -3.86. The SMILES string of the molecule is CC(C)n1nc(Cl)c2c(N3CCCC3)c(NC(=O)c3ccc(=O)n(-c4c(F)cccc4F)n3)cc(F)c21. The standard InChI is InChI=1S/C25H22ClF3N6O2/c1-13(2)34-22-16(29)12-18(23(20(22)24(26)32-34)33-10-3-4-11-33)30-25(37)17-8-9-19(36)35(31-17)21-14(27)6-5-7-15(21)28/h5-9,12-13H,3-4,10-11H2,1-2H3,(H,30,37). The summed E-state index contributed by atoms with van der Waals surface area (Å²) in [5, 5.41) is 11.3. The van der Waals surface area contributed by atoms with E-state index in [1.165, 1.54) is 10.7 Å². The van der Waals surface area contributed by atoms with E-state index in [2.05, 4.69) is 15.5 Å². The highest BCUT2D eigenvalue weighted by molar-refractivity contribution is 6.36. The number of benzene rings is 2. The van der Waals surface area contributed by atoms with Crippen LogP contribution in [-0.4, -0.2) is 38.6 Å². The molecule has 1 aliphatic heterocycles. The van der Waals surface area contributed by atoms with E-state index in [1.807, 2.05) is 18.7 Å². The van der Waals surface area contributed by atoms with Crippen LogP contribution in [0.2, 0.25) is 5.15 Å². The molecule has 0 aliphatic carbocycles. The van der Waals surface area contributed by atoms with Crippen LogP contribution in [0.3, 0.4) is 0 Å². The molecule has 1 saturated heterocycles. The van der Waals surface area contributed by atoms with Gasteiger partial charge in [0.2, 0.25) is 0 Å². The van der Waals surface area contributed by atoms with Crippen LogP contribution in [-0.2, 0) is 0 Å². The largest absolute Gasteiger partial charge is 0.369 e. The Morgan fingerprint density at radius 3 is 2.32 bits per heavy atom. The summed E-state index contributed by atoms with van der Waals surface area (Å²) in [6, 6.07) is 6.22. The number of hydrogen-bond donors (Lipinski definition) is 1. The number of amides is 1. The van der Waals surface area contributed by atoms with Gasteiger partial charge in [-0.3, -0.25) is 14.3 Å². The minimum atomic E-state index is -1.02. The van der Waals surface area contributed by atoms with Crippen molar-refractivity contribution in [1.82, 2.24) is 19.6 Å². The average molecular weight is 531 g/mol. The van der Waals surface area contributed by atoms with E-state index in [4.69, 9.17) is 11.6 Å². The topological polar surface area (TPSA) is 85.0 Å². The van der Waals surface area contributed by atoms with E-state index < -0.39 is 34.6 Å². The van der Waals surface area contributed by atoms with Gasteiger partial charge in [-0.1, -0.05) is 17.7 Å². The summed E-state index contributed by atoms with van der Waals surface area (Å²) in [6.07, 6.45) is 1.81. The van der Waals surface area contributed by atoms with Crippen molar-refractivity contribution < 1.29 is 18.0 Å². The number of fused-ring (bicyclic) bond motifs is 1. The van der Waals surface area contributed by atoms with Crippen LogP contribution in [0.4, 0.5) is 24.5 Å². The molecule has 2 aromatic heterocycles. The molecule has 12 heteroatoms. The van der Waals surface area contributed by atoms with Crippen LogP contribution in [0.5, 0.6) is 0 Å². The number of carbonyl (C=O) groups excluding carboxylic acids is 1. The number of nitrogens with one attached hydrogen (secondary N) is 1. The van der Waals surface area contributed by atoms with Crippen molar-refractivity contribution in [3.8, 4) is 5.69 Å². The fourth-order valence-corrected chi connectivity index (χ4v) is 4.81. The molecule has 2 aromatic carbocycles. The van der Waals surface area contributed by atoms with Crippen molar-refractivity contribution in [2.24, 2.45) is 0 Å². The summed E-state index contributed by atoms with van der Waals surface area (Å²) in [5.41, 5.74) is -0.967. The van der Waals surface area contributed by atoms with Crippen LogP contribution in [0.1, 0.15) is 43.2 Å². The molecule has 0 spiro atoms. The number of anilines is 2. The summed E-state index contributed by atoms with van der Waals surface area (Å²) in [4.78, 5) is 27.5. The quantitative estimate of drug-likeness (QED) is 0.389. The van der Waals surface area contributed by atoms with Crippen LogP contribution < -0.4 is 15.8 Å². The third-order valence-corrected chi connectivity index (χ3v) is 6.46. The van der Waals surface area contributed by atoms with Gasteiger partial charge in [0, 0.05) is 31.3 Å². The predicted octanol–water partition coefficient (Wildman–Crippen LogP) is 5.09. The van der Waals surface area contributed by atoms with Gasteiger partial charge in [-0.25, -0.2) is 13.2 Å². The van der Waals surface area contributed by atoms with Crippen LogP contribution >= 0.6 is 11.6 Å². The smallest absolute Gasteiger partial charge is 0.276 e. The first-order valence-corrected chi connectivity index (χ1v) is 12.1. The van der Waals surface area contributed by atoms with E-state index in [0.717, 1.165) is 43.2 Å².